The Kier molecular flexibility index (Phi) is 3.94. The molecule has 118 valence electrons. The summed E-state index contributed by atoms with van der Waals surface area (Å²) < 4.78 is 24.0. The lowest BCUT2D eigenvalue weighted by molar-refractivity contribution is 0.0839. The van der Waals surface area contributed by atoms with E-state index in [2.05, 4.69) is 5.32 Å². The second-order valence-electron chi connectivity index (χ2n) is 5.50. The van der Waals surface area contributed by atoms with E-state index >= 15 is 0 Å². The molecular formula is C12H19N3O4S2. The van der Waals surface area contributed by atoms with Crippen molar-refractivity contribution in [1.29, 1.82) is 0 Å². The highest BCUT2D eigenvalue weighted by Gasteiger charge is 2.36. The molecule has 1 aromatic rings. The van der Waals surface area contributed by atoms with Crippen molar-refractivity contribution in [3.63, 3.8) is 0 Å². The van der Waals surface area contributed by atoms with E-state index in [1.807, 2.05) is 0 Å². The minimum Gasteiger partial charge on any atom is -0.396 e. The van der Waals surface area contributed by atoms with Gasteiger partial charge in [0.25, 0.3) is 5.91 Å². The van der Waals surface area contributed by atoms with Crippen LogP contribution < -0.4 is 16.0 Å². The van der Waals surface area contributed by atoms with Gasteiger partial charge in [-0.1, -0.05) is 0 Å². The van der Waals surface area contributed by atoms with E-state index in [4.69, 9.17) is 5.73 Å². The minimum absolute atomic E-state index is 0.0243. The van der Waals surface area contributed by atoms with Crippen molar-refractivity contribution in [1.82, 2.24) is 5.32 Å². The first-order chi connectivity index (χ1) is 9.57. The summed E-state index contributed by atoms with van der Waals surface area (Å²) in [5.74, 6) is -0.417. The van der Waals surface area contributed by atoms with Crippen LogP contribution in [0.1, 0.15) is 23.0 Å². The summed E-state index contributed by atoms with van der Waals surface area (Å²) in [5, 5.41) is 12.9. The van der Waals surface area contributed by atoms with E-state index in [0.717, 1.165) is 17.6 Å². The second-order valence-corrected chi connectivity index (χ2v) is 8.45. The van der Waals surface area contributed by atoms with E-state index in [-0.39, 0.29) is 15.5 Å². The average Bonchev–Trinajstić information content (AvgIpc) is 2.87. The third-order valence-corrected chi connectivity index (χ3v) is 5.97. The zero-order chi connectivity index (χ0) is 16.0. The Morgan fingerprint density at radius 3 is 2.57 bits per heavy atom. The molecule has 2 rings (SSSR count). The fourth-order valence-corrected chi connectivity index (χ4v) is 5.06. The third kappa shape index (κ3) is 2.99. The van der Waals surface area contributed by atoms with E-state index in [9.17, 15) is 18.3 Å². The SMILES string of the molecule is CNC(=O)c1sc(N2CCC(C)(O)C2)c(S(C)(=O)=O)c1N. The van der Waals surface area contributed by atoms with Crippen molar-refractivity contribution in [2.45, 2.75) is 23.8 Å². The minimum atomic E-state index is -3.58. The fourth-order valence-electron chi connectivity index (χ4n) is 2.38. The highest BCUT2D eigenvalue weighted by molar-refractivity contribution is 7.91. The second kappa shape index (κ2) is 5.15. The highest BCUT2D eigenvalue weighted by Crippen LogP contribution is 2.43. The topological polar surface area (TPSA) is 113 Å². The molecule has 0 saturated carbocycles. The number of anilines is 2. The van der Waals surface area contributed by atoms with Gasteiger partial charge in [0.2, 0.25) is 0 Å². The van der Waals surface area contributed by atoms with Crippen molar-refractivity contribution in [2.75, 3.05) is 37.0 Å². The molecule has 1 saturated heterocycles. The highest BCUT2D eigenvalue weighted by atomic mass is 32.2. The molecule has 0 radical (unpaired) electrons. The molecule has 2 heterocycles. The van der Waals surface area contributed by atoms with Gasteiger partial charge < -0.3 is 21.1 Å². The summed E-state index contributed by atoms with van der Waals surface area (Å²) >= 11 is 1.04. The van der Waals surface area contributed by atoms with Crippen LogP contribution >= 0.6 is 11.3 Å². The van der Waals surface area contributed by atoms with Crippen LogP contribution in [-0.4, -0.2) is 51.4 Å². The number of rotatable bonds is 3. The molecule has 1 atom stereocenters. The number of aliphatic hydroxyl groups is 1. The van der Waals surface area contributed by atoms with Crippen LogP contribution in [-0.2, 0) is 9.84 Å². The van der Waals surface area contributed by atoms with E-state index < -0.39 is 21.3 Å². The molecule has 0 bridgehead atoms. The van der Waals surface area contributed by atoms with E-state index in [1.54, 1.807) is 11.8 Å². The van der Waals surface area contributed by atoms with Crippen molar-refractivity contribution < 1.29 is 18.3 Å². The average molecular weight is 333 g/mol. The number of nitrogens with two attached hydrogens (primary N) is 1. The van der Waals surface area contributed by atoms with Gasteiger partial charge in [0, 0.05) is 26.4 Å². The van der Waals surface area contributed by atoms with Gasteiger partial charge in [-0.2, -0.15) is 0 Å². The Morgan fingerprint density at radius 2 is 2.14 bits per heavy atom. The predicted octanol–water partition coefficient (Wildman–Crippen LogP) is 0.0545. The van der Waals surface area contributed by atoms with Crippen LogP contribution in [0.3, 0.4) is 0 Å². The van der Waals surface area contributed by atoms with Gasteiger partial charge in [0.1, 0.15) is 14.8 Å². The molecule has 21 heavy (non-hydrogen) atoms. The Labute approximate surface area is 127 Å². The Balaban J connectivity index is 2.58. The van der Waals surface area contributed by atoms with Crippen LogP contribution in [0.2, 0.25) is 0 Å². The summed E-state index contributed by atoms with van der Waals surface area (Å²) in [4.78, 5) is 13.7. The number of carbonyl (C=O) groups excluding carboxylic acids is 1. The molecule has 7 nitrogen and oxygen atoms in total. The standard InChI is InChI=1S/C12H19N3O4S2/c1-12(17)4-5-15(6-12)11-9(21(3,18)19)7(13)8(20-11)10(16)14-2/h17H,4-6,13H2,1-3H3,(H,14,16). The van der Waals surface area contributed by atoms with Gasteiger partial charge >= 0.3 is 0 Å². The van der Waals surface area contributed by atoms with Crippen LogP contribution in [0.4, 0.5) is 10.7 Å². The molecule has 0 spiro atoms. The van der Waals surface area contributed by atoms with Crippen LogP contribution in [0.25, 0.3) is 0 Å². The summed E-state index contributed by atoms with van der Waals surface area (Å²) in [6.45, 7) is 2.52. The van der Waals surface area contributed by atoms with E-state index in [0.29, 0.717) is 24.5 Å². The van der Waals surface area contributed by atoms with Crippen LogP contribution in [0.5, 0.6) is 0 Å². The Bertz CT molecular complexity index is 679. The summed E-state index contributed by atoms with van der Waals surface area (Å²) in [6, 6.07) is 0. The zero-order valence-electron chi connectivity index (χ0n) is 12.1. The molecule has 9 heteroatoms. The molecule has 1 aliphatic rings. The van der Waals surface area contributed by atoms with Crippen molar-refractivity contribution in [3.05, 3.63) is 4.88 Å². The van der Waals surface area contributed by atoms with Gasteiger partial charge in [-0.05, 0) is 13.3 Å². The molecule has 1 amide bonds. The number of sulfone groups is 1. The normalized spacial score (nSPS) is 22.6. The Hall–Kier alpha value is -1.32. The first kappa shape index (κ1) is 16.1. The summed E-state index contributed by atoms with van der Waals surface area (Å²) in [6.07, 6.45) is 1.60. The smallest absolute Gasteiger partial charge is 0.263 e. The first-order valence-corrected chi connectivity index (χ1v) is 9.09. The number of hydrogen-bond donors (Lipinski definition) is 3. The fraction of sp³-hybridized carbons (Fsp3) is 0.583. The molecule has 0 aliphatic carbocycles. The lowest BCUT2D eigenvalue weighted by atomic mass is 10.1. The maximum atomic E-state index is 12.0. The zero-order valence-corrected chi connectivity index (χ0v) is 13.8. The van der Waals surface area contributed by atoms with Crippen molar-refractivity contribution >= 4 is 37.8 Å². The number of β-amino-alcohol motifs (C(OH)–C–C–N with tert-alkyl or cyclic N) is 1. The van der Waals surface area contributed by atoms with Crippen molar-refractivity contribution in [3.8, 4) is 0 Å². The molecule has 1 aromatic heterocycles. The molecule has 1 unspecified atom stereocenters. The number of hydrogen-bond acceptors (Lipinski definition) is 7. The summed E-state index contributed by atoms with van der Waals surface area (Å²) in [5.41, 5.74) is 4.98. The molecule has 0 aromatic carbocycles. The number of nitrogen functional groups attached to an aromatic ring is 1. The molecular weight excluding hydrogens is 314 g/mol. The van der Waals surface area contributed by atoms with Gasteiger partial charge in [-0.3, -0.25) is 4.79 Å². The first-order valence-electron chi connectivity index (χ1n) is 6.38. The third-order valence-electron chi connectivity index (χ3n) is 3.43. The Morgan fingerprint density at radius 1 is 1.52 bits per heavy atom. The van der Waals surface area contributed by atoms with Crippen LogP contribution in [0.15, 0.2) is 4.90 Å². The maximum absolute atomic E-state index is 12.0. The number of carbonyl (C=O) groups is 1. The number of thiophene rings is 1. The predicted molar refractivity (Wildman–Crippen MR) is 82.7 cm³/mol. The lowest BCUT2D eigenvalue weighted by Crippen LogP contribution is -2.29. The number of nitrogens with one attached hydrogen (secondary N) is 1. The van der Waals surface area contributed by atoms with Gasteiger partial charge in [-0.25, -0.2) is 8.42 Å². The number of amides is 1. The largest absolute Gasteiger partial charge is 0.396 e. The van der Waals surface area contributed by atoms with Gasteiger partial charge in [0.15, 0.2) is 9.84 Å². The molecule has 1 aliphatic heterocycles. The maximum Gasteiger partial charge on any atom is 0.263 e. The van der Waals surface area contributed by atoms with Crippen molar-refractivity contribution in [2.24, 2.45) is 0 Å². The molecule has 4 N–H and O–H groups in total. The monoisotopic (exact) mass is 333 g/mol. The lowest BCUT2D eigenvalue weighted by Gasteiger charge is -2.20. The van der Waals surface area contributed by atoms with E-state index in [1.165, 1.54) is 7.05 Å². The van der Waals surface area contributed by atoms with Crippen LogP contribution in [0, 0.1) is 0 Å². The van der Waals surface area contributed by atoms with Gasteiger partial charge in [-0.15, -0.1) is 11.3 Å². The summed E-state index contributed by atoms with van der Waals surface area (Å²) in [7, 11) is -2.12. The van der Waals surface area contributed by atoms with Gasteiger partial charge in [0.05, 0.1) is 11.3 Å². The molecule has 1 fully saturated rings. The quantitative estimate of drug-likeness (QED) is 0.721. The number of nitrogens with zero attached hydrogens (tertiary/aromatic N) is 1.